The average molecular weight is 1520 g/mol. The fourth-order valence-electron chi connectivity index (χ4n) is 5.37. The topological polar surface area (TPSA) is 202 Å². The van der Waals surface area contributed by atoms with Crippen LogP contribution in [0.15, 0.2) is 129 Å². The first kappa shape index (κ1) is 154. The molecule has 648 valence electrons. The number of piperazine rings is 2. The van der Waals surface area contributed by atoms with Crippen molar-refractivity contribution in [2.75, 3.05) is 139 Å². The zero-order chi connectivity index (χ0) is 87.0. The highest BCUT2D eigenvalue weighted by molar-refractivity contribution is 4.99. The molecule has 18 heteroatoms. The maximum Gasteiger partial charge on any atom is 0.115 e. The van der Waals surface area contributed by atoms with Crippen LogP contribution in [0.4, 0.5) is 0 Å². The Kier molecular flexibility index (Phi) is 359. The van der Waals surface area contributed by atoms with Crippen LogP contribution >= 0.6 is 0 Å². The molecule has 11 heterocycles. The molecule has 0 unspecified atom stereocenters. The highest BCUT2D eigenvalue weighted by atomic mass is 16.5. The van der Waals surface area contributed by atoms with Gasteiger partial charge in [0.1, 0.15) is 6.33 Å². The maximum atomic E-state index is 5.01. The van der Waals surface area contributed by atoms with Crippen LogP contribution in [-0.2, 0) is 4.74 Å². The molecule has 0 aromatic carbocycles. The molecule has 18 nitrogen and oxygen atoms in total. The standard InChI is InChI=1S/C6H14N2.C5H11N.C5H7N.C5H5N.C4H10N2.3C4H4N2.C4H9NO.C4H9N.C3H8N2.20C2H6/c1-7-3-5-8(2)6-4-7;3*1-2-4-6-5-3-1;2*1-2-6-4-3-5-1;1-2-5-4-6-3-1;1-2-4-6-5-3-1;1-3-6-4-2-5-1;1-2-4-5-3-1;1-2-5-3-4-1;20*1-2/h3-6H2,1-2H3;6H,1-5H2;2-6H,1H2;1-5H;5-6H,1-4H2;3*1-4H;5H,1-4H2;5H,1-4H2;4-5H,1-3H2;20*1-2H3. The van der Waals surface area contributed by atoms with Crippen molar-refractivity contribution in [3.63, 3.8) is 0 Å². The predicted octanol–water partition coefficient (Wildman–Crippen LogP) is 23.0. The van der Waals surface area contributed by atoms with Gasteiger partial charge in [-0.05, 0) is 115 Å². The smallest absolute Gasteiger partial charge is 0.115 e. The van der Waals surface area contributed by atoms with Gasteiger partial charge in [0.25, 0.3) is 0 Å². The first-order valence-electron chi connectivity index (χ1n) is 43.7. The average Bonchev–Trinajstić information content (AvgIpc) is 1.25. The Morgan fingerprint density at radius 1 is 0.245 bits per heavy atom. The lowest BCUT2D eigenvalue weighted by molar-refractivity contribution is 0.109. The van der Waals surface area contributed by atoms with Crippen molar-refractivity contribution >= 4 is 0 Å². The Bertz CT molecular complexity index is 1120. The summed E-state index contributed by atoms with van der Waals surface area (Å²) in [7, 11) is 4.35. The highest BCUT2D eigenvalue weighted by Gasteiger charge is 2.08. The summed E-state index contributed by atoms with van der Waals surface area (Å²) in [5.41, 5.74) is 0. The molecule has 106 heavy (non-hydrogen) atoms. The Morgan fingerprint density at radius 3 is 0.604 bits per heavy atom. The van der Waals surface area contributed by atoms with E-state index < -0.39 is 0 Å². The fraction of sp³-hybridized carbons (Fsp3) is 0.761. The van der Waals surface area contributed by atoms with E-state index in [2.05, 4.69) is 114 Å². The molecule has 7 aliphatic heterocycles. The van der Waals surface area contributed by atoms with Crippen LogP contribution in [0.25, 0.3) is 0 Å². The molecule has 0 saturated carbocycles. The molecule has 7 aliphatic rings. The molecule has 8 N–H and O–H groups in total. The third kappa shape index (κ3) is 239. The summed E-state index contributed by atoms with van der Waals surface area (Å²) in [5, 5.41) is 32.3. The second-order valence-corrected chi connectivity index (χ2v) is 14.9. The maximum absolute atomic E-state index is 5.01. The summed E-state index contributed by atoms with van der Waals surface area (Å²) in [6, 6.07) is 11.1. The van der Waals surface area contributed by atoms with Gasteiger partial charge in [0.15, 0.2) is 0 Å². The van der Waals surface area contributed by atoms with Crippen molar-refractivity contribution in [2.45, 2.75) is 315 Å². The summed E-state index contributed by atoms with van der Waals surface area (Å²) < 4.78 is 5.01. The van der Waals surface area contributed by atoms with E-state index in [-0.39, 0.29) is 0 Å². The van der Waals surface area contributed by atoms with Gasteiger partial charge in [-0.25, -0.2) is 9.97 Å². The number of morpholine rings is 1. The van der Waals surface area contributed by atoms with Crippen molar-refractivity contribution in [3.8, 4) is 0 Å². The van der Waals surface area contributed by atoms with Crippen molar-refractivity contribution in [3.05, 3.63) is 129 Å². The van der Waals surface area contributed by atoms with Crippen LogP contribution in [0.5, 0.6) is 0 Å². The van der Waals surface area contributed by atoms with E-state index >= 15 is 0 Å². The number of nitrogens with zero attached hydrogens (tertiary/aromatic N) is 9. The number of aromatic nitrogens is 7. The predicted molar refractivity (Wildman–Crippen MR) is 497 cm³/mol. The molecule has 4 aromatic heterocycles. The molecule has 0 bridgehead atoms. The molecule has 6 fully saturated rings. The third-order valence-corrected chi connectivity index (χ3v) is 9.13. The second-order valence-electron chi connectivity index (χ2n) is 14.9. The van der Waals surface area contributed by atoms with Crippen LogP contribution in [0, 0.1) is 0 Å². The van der Waals surface area contributed by atoms with E-state index in [0.717, 1.165) is 78.7 Å². The Morgan fingerprint density at radius 2 is 0.491 bits per heavy atom. The summed E-state index contributed by atoms with van der Waals surface area (Å²) >= 11 is 0. The quantitative estimate of drug-likeness (QED) is 0.0825. The minimum Gasteiger partial charge on any atom is -0.379 e. The number of pyridine rings is 1. The highest BCUT2D eigenvalue weighted by Crippen LogP contribution is 1.96. The number of piperidine rings is 1. The fourth-order valence-corrected chi connectivity index (χ4v) is 5.37. The van der Waals surface area contributed by atoms with Gasteiger partial charge in [-0.1, -0.05) is 302 Å². The van der Waals surface area contributed by atoms with Crippen LogP contribution in [0.3, 0.4) is 0 Å². The number of hydrogen-bond acceptors (Lipinski definition) is 18. The lowest BCUT2D eigenvalue weighted by atomic mass is 10.2. The van der Waals surface area contributed by atoms with Gasteiger partial charge in [-0.2, -0.15) is 10.2 Å². The van der Waals surface area contributed by atoms with E-state index in [0.29, 0.717) is 0 Å². The lowest BCUT2D eigenvalue weighted by Gasteiger charge is -2.28. The number of ether oxygens (including phenoxy) is 1. The monoisotopic (exact) mass is 1520 g/mol. The molecular weight excluding hydrogens is 1310 g/mol. The second kappa shape index (κ2) is 247. The third-order valence-electron chi connectivity index (χ3n) is 9.13. The van der Waals surface area contributed by atoms with Gasteiger partial charge in [0.05, 0.1) is 13.2 Å². The Labute approximate surface area is 672 Å². The van der Waals surface area contributed by atoms with Gasteiger partial charge in [-0.3, -0.25) is 15.0 Å². The molecule has 0 amide bonds. The van der Waals surface area contributed by atoms with Crippen LogP contribution in [0.2, 0.25) is 0 Å². The first-order valence-corrected chi connectivity index (χ1v) is 43.7. The van der Waals surface area contributed by atoms with Crippen LogP contribution in [-0.4, -0.2) is 184 Å². The van der Waals surface area contributed by atoms with Crippen LogP contribution < -0.4 is 42.5 Å². The number of rotatable bonds is 0. The minimum atomic E-state index is 0.889. The van der Waals surface area contributed by atoms with Crippen molar-refractivity contribution in [1.29, 1.82) is 0 Å². The lowest BCUT2D eigenvalue weighted by Crippen LogP contribution is -2.42. The van der Waals surface area contributed by atoms with Gasteiger partial charge in [0.2, 0.25) is 0 Å². The van der Waals surface area contributed by atoms with E-state index in [4.69, 9.17) is 4.74 Å². The van der Waals surface area contributed by atoms with Crippen molar-refractivity contribution < 1.29 is 4.74 Å². The zero-order valence-electron chi connectivity index (χ0n) is 80.2. The molecule has 0 spiro atoms. The Hall–Kier alpha value is -4.73. The molecule has 4 aromatic rings. The molecule has 11 rings (SSSR count). The summed E-state index contributed by atoms with van der Waals surface area (Å²) in [5.74, 6) is 0. The number of likely N-dealkylation sites (N-methyl/N-ethyl adjacent to an activating group) is 2. The van der Waals surface area contributed by atoms with Crippen molar-refractivity contribution in [1.82, 2.24) is 87.5 Å². The zero-order valence-corrected chi connectivity index (χ0v) is 80.2. The molecule has 6 saturated heterocycles. The number of dihydropyridines is 1. The van der Waals surface area contributed by atoms with Crippen LogP contribution in [0.1, 0.15) is 315 Å². The van der Waals surface area contributed by atoms with E-state index in [1.165, 1.54) is 90.8 Å². The summed E-state index contributed by atoms with van der Waals surface area (Å²) in [6.45, 7) is 102. The van der Waals surface area contributed by atoms with Gasteiger partial charge in [0, 0.05) is 147 Å². The van der Waals surface area contributed by atoms with E-state index in [1.807, 2.05) is 320 Å². The molecular formula is C88H205N17O. The van der Waals surface area contributed by atoms with E-state index in [9.17, 15) is 0 Å². The molecule has 0 aliphatic carbocycles. The number of nitrogens with one attached hydrogen (secondary N) is 8. The van der Waals surface area contributed by atoms with Crippen molar-refractivity contribution in [2.24, 2.45) is 0 Å². The summed E-state index contributed by atoms with van der Waals surface area (Å²) in [4.78, 5) is 23.3. The number of allylic oxidation sites excluding steroid dienone is 2. The molecule has 0 radical (unpaired) electrons. The molecule has 0 atom stereocenters. The number of hydrogen-bond donors (Lipinski definition) is 8. The van der Waals surface area contributed by atoms with E-state index in [1.54, 1.807) is 68.0 Å². The summed E-state index contributed by atoms with van der Waals surface area (Å²) in [6.07, 6.45) is 34.3. The van der Waals surface area contributed by atoms with Gasteiger partial charge >= 0.3 is 0 Å². The first-order chi connectivity index (χ1) is 52.8. The SMILES string of the molecule is C1=CNC=CC1.C1CCNC1.C1CCNCC1.C1CNCCN1.C1CNCN1.C1COCCN1.CC.CC.CC.CC.CC.CC.CC.CC.CC.CC.CC.CC.CC.CC.CC.CC.CC.CC.CC.CC.CN1CCN(C)CC1.c1ccncc1.c1ccnnc1.c1cnccn1.c1cncnc1. The normalized spacial score (nSPS) is 12.2. The van der Waals surface area contributed by atoms with Gasteiger partial charge < -0.3 is 57.1 Å². The minimum absolute atomic E-state index is 0.889. The largest absolute Gasteiger partial charge is 0.379 e. The van der Waals surface area contributed by atoms with Gasteiger partial charge in [-0.15, -0.1) is 0 Å². The Balaban J connectivity index is -0.0000000408.